The number of aliphatic hydroxyl groups excluding tert-OH is 3. The van der Waals surface area contributed by atoms with Gasteiger partial charge in [-0.3, -0.25) is 9.59 Å². The molecule has 168 valence electrons. The van der Waals surface area contributed by atoms with E-state index in [-0.39, 0.29) is 36.0 Å². The van der Waals surface area contributed by atoms with E-state index in [9.17, 15) is 24.9 Å². The van der Waals surface area contributed by atoms with Crippen molar-refractivity contribution in [2.75, 3.05) is 0 Å². The largest absolute Gasteiger partial charge is 0.390 e. The topological polar surface area (TPSA) is 107 Å². The summed E-state index contributed by atoms with van der Waals surface area (Å²) < 4.78 is 0. The molecule has 3 aliphatic rings. The van der Waals surface area contributed by atoms with Crippen LogP contribution in [0.5, 0.6) is 0 Å². The SMILES string of the molecule is CC1=C[C@H]2/C=C(/C)CC[C@@H](O)[C@@H](O)[C@@H](O)CC(=O)[C@@]23C(=O)N[C@@H](CC(C)C)[C@H]3[C@H]1C. The van der Waals surface area contributed by atoms with Crippen molar-refractivity contribution in [3.8, 4) is 0 Å². The first-order valence-corrected chi connectivity index (χ1v) is 11.2. The van der Waals surface area contributed by atoms with Crippen molar-refractivity contribution < 1.29 is 24.9 Å². The monoisotopic (exact) mass is 419 g/mol. The van der Waals surface area contributed by atoms with Crippen LogP contribution in [0.4, 0.5) is 0 Å². The van der Waals surface area contributed by atoms with E-state index in [1.54, 1.807) is 0 Å². The Labute approximate surface area is 179 Å². The third kappa shape index (κ3) is 3.78. The molecule has 8 atom stereocenters. The van der Waals surface area contributed by atoms with Crippen molar-refractivity contribution in [2.24, 2.45) is 29.1 Å². The van der Waals surface area contributed by atoms with Crippen molar-refractivity contribution in [3.05, 3.63) is 23.3 Å². The molecular formula is C24H37NO5. The van der Waals surface area contributed by atoms with Gasteiger partial charge < -0.3 is 20.6 Å². The molecule has 0 aromatic carbocycles. The molecule has 1 spiro atoms. The van der Waals surface area contributed by atoms with Gasteiger partial charge in [0.1, 0.15) is 11.5 Å². The summed E-state index contributed by atoms with van der Waals surface area (Å²) in [6, 6.07) is -0.117. The summed E-state index contributed by atoms with van der Waals surface area (Å²) in [6.45, 7) is 10.3. The van der Waals surface area contributed by atoms with Crippen LogP contribution in [0.1, 0.15) is 60.3 Å². The van der Waals surface area contributed by atoms with Crippen molar-refractivity contribution in [1.29, 1.82) is 0 Å². The van der Waals surface area contributed by atoms with Crippen LogP contribution in [0.3, 0.4) is 0 Å². The predicted molar refractivity (Wildman–Crippen MR) is 114 cm³/mol. The van der Waals surface area contributed by atoms with E-state index in [2.05, 4.69) is 33.0 Å². The molecule has 0 radical (unpaired) electrons. The first-order valence-electron chi connectivity index (χ1n) is 11.2. The molecule has 1 heterocycles. The second-order valence-electron chi connectivity index (χ2n) is 10.1. The molecule has 0 aromatic heterocycles. The van der Waals surface area contributed by atoms with E-state index in [0.717, 1.165) is 12.0 Å². The normalized spacial score (nSPS) is 44.4. The van der Waals surface area contributed by atoms with Gasteiger partial charge >= 0.3 is 0 Å². The Balaban J connectivity index is 2.18. The third-order valence-corrected chi connectivity index (χ3v) is 7.54. The van der Waals surface area contributed by atoms with Gasteiger partial charge in [0.2, 0.25) is 5.91 Å². The minimum Gasteiger partial charge on any atom is -0.390 e. The summed E-state index contributed by atoms with van der Waals surface area (Å²) in [5.41, 5.74) is 0.834. The van der Waals surface area contributed by atoms with Gasteiger partial charge in [0.25, 0.3) is 0 Å². The summed E-state index contributed by atoms with van der Waals surface area (Å²) in [5, 5.41) is 34.3. The number of carbonyl (C=O) groups excluding carboxylic acids is 2. The standard InChI is InChI=1S/C24H37NO5/c1-12(2)8-17-21-15(5)14(4)10-16-9-13(3)6-7-18(26)22(29)19(27)11-20(28)24(16,21)23(30)25-17/h9-10,12,15-19,21-22,26-27,29H,6-8,11H2,1-5H3,(H,25,30)/b13-9-/t15-,16+,17-,18+,19-,21+,22+,24-/m0/s1. The Morgan fingerprint density at radius 2 is 1.80 bits per heavy atom. The number of aliphatic hydroxyl groups is 3. The van der Waals surface area contributed by atoms with E-state index in [1.807, 2.05) is 19.1 Å². The zero-order valence-corrected chi connectivity index (χ0v) is 18.8. The Morgan fingerprint density at radius 3 is 2.43 bits per heavy atom. The lowest BCUT2D eigenvalue weighted by atomic mass is 9.54. The molecule has 2 aliphatic carbocycles. The lowest BCUT2D eigenvalue weighted by molar-refractivity contribution is -0.148. The molecule has 6 nitrogen and oxygen atoms in total. The van der Waals surface area contributed by atoms with Crippen LogP contribution >= 0.6 is 0 Å². The van der Waals surface area contributed by atoms with Crippen molar-refractivity contribution in [1.82, 2.24) is 5.32 Å². The van der Waals surface area contributed by atoms with Crippen LogP contribution in [0.2, 0.25) is 0 Å². The molecule has 0 aromatic rings. The highest BCUT2D eigenvalue weighted by molar-refractivity contribution is 6.09. The van der Waals surface area contributed by atoms with E-state index < -0.39 is 29.6 Å². The van der Waals surface area contributed by atoms with Crippen LogP contribution in [0.25, 0.3) is 0 Å². The summed E-state index contributed by atoms with van der Waals surface area (Å²) in [5.74, 6) is -0.827. The van der Waals surface area contributed by atoms with Gasteiger partial charge in [-0.2, -0.15) is 0 Å². The van der Waals surface area contributed by atoms with Gasteiger partial charge in [-0.15, -0.1) is 0 Å². The Kier molecular flexibility index (Phi) is 6.61. The van der Waals surface area contributed by atoms with Crippen LogP contribution in [0.15, 0.2) is 23.3 Å². The van der Waals surface area contributed by atoms with Crippen molar-refractivity contribution in [3.63, 3.8) is 0 Å². The molecule has 4 N–H and O–H groups in total. The third-order valence-electron chi connectivity index (χ3n) is 7.54. The highest BCUT2D eigenvalue weighted by Gasteiger charge is 2.65. The highest BCUT2D eigenvalue weighted by Crippen LogP contribution is 2.55. The Bertz CT molecular complexity index is 757. The Hall–Kier alpha value is -1.50. The highest BCUT2D eigenvalue weighted by atomic mass is 16.4. The molecule has 3 rings (SSSR count). The van der Waals surface area contributed by atoms with Gasteiger partial charge in [-0.1, -0.05) is 44.1 Å². The number of hydrogen-bond donors (Lipinski definition) is 4. The number of hydrogen-bond acceptors (Lipinski definition) is 5. The smallest absolute Gasteiger partial charge is 0.235 e. The lowest BCUT2D eigenvalue weighted by Gasteiger charge is -2.45. The fourth-order valence-electron chi connectivity index (χ4n) is 5.88. The summed E-state index contributed by atoms with van der Waals surface area (Å²) in [7, 11) is 0. The molecular weight excluding hydrogens is 382 g/mol. The van der Waals surface area contributed by atoms with Crippen LogP contribution in [0, 0.1) is 29.1 Å². The summed E-state index contributed by atoms with van der Waals surface area (Å²) >= 11 is 0. The minimum absolute atomic E-state index is 0.0411. The molecule has 30 heavy (non-hydrogen) atoms. The number of Topliss-reactive ketones (excluding diaryl/α,β-unsaturated/α-hetero) is 1. The van der Waals surface area contributed by atoms with E-state index in [0.29, 0.717) is 18.8 Å². The zero-order chi connectivity index (χ0) is 22.4. The fraction of sp³-hybridized carbons (Fsp3) is 0.750. The Morgan fingerprint density at radius 1 is 1.13 bits per heavy atom. The maximum Gasteiger partial charge on any atom is 0.235 e. The lowest BCUT2D eigenvalue weighted by Crippen LogP contribution is -2.53. The number of amides is 1. The van der Waals surface area contributed by atoms with E-state index in [1.165, 1.54) is 5.57 Å². The molecule has 0 saturated carbocycles. The average molecular weight is 420 g/mol. The minimum atomic E-state index is -1.41. The summed E-state index contributed by atoms with van der Waals surface area (Å²) in [6.07, 6.45) is 1.35. The number of carbonyl (C=O) groups is 2. The number of rotatable bonds is 2. The van der Waals surface area contributed by atoms with Gasteiger partial charge in [0.05, 0.1) is 12.2 Å². The van der Waals surface area contributed by atoms with Gasteiger partial charge in [0, 0.05) is 24.3 Å². The van der Waals surface area contributed by atoms with E-state index >= 15 is 0 Å². The fourth-order valence-corrected chi connectivity index (χ4v) is 5.88. The van der Waals surface area contributed by atoms with Crippen LogP contribution < -0.4 is 5.32 Å². The average Bonchev–Trinajstić information content (AvgIpc) is 2.94. The first kappa shape index (κ1) is 23.2. The van der Waals surface area contributed by atoms with Crippen LogP contribution in [-0.4, -0.2) is 51.4 Å². The van der Waals surface area contributed by atoms with E-state index in [4.69, 9.17) is 0 Å². The zero-order valence-electron chi connectivity index (χ0n) is 18.8. The number of nitrogens with one attached hydrogen (secondary N) is 1. The molecule has 0 bridgehead atoms. The predicted octanol–water partition coefficient (Wildman–Crippen LogP) is 2.13. The van der Waals surface area contributed by atoms with Gasteiger partial charge in [0.15, 0.2) is 5.78 Å². The molecule has 1 saturated heterocycles. The number of allylic oxidation sites excluding steroid dienone is 4. The number of ketones is 1. The van der Waals surface area contributed by atoms with Crippen molar-refractivity contribution in [2.45, 2.75) is 84.7 Å². The molecule has 1 aliphatic heterocycles. The maximum atomic E-state index is 13.8. The quantitative estimate of drug-likeness (QED) is 0.405. The second kappa shape index (κ2) is 8.56. The molecule has 6 heteroatoms. The second-order valence-corrected chi connectivity index (χ2v) is 10.1. The maximum absolute atomic E-state index is 13.8. The van der Waals surface area contributed by atoms with Gasteiger partial charge in [-0.05, 0) is 44.9 Å². The van der Waals surface area contributed by atoms with Crippen molar-refractivity contribution >= 4 is 11.7 Å². The van der Waals surface area contributed by atoms with Crippen LogP contribution in [-0.2, 0) is 9.59 Å². The molecule has 0 unspecified atom stereocenters. The summed E-state index contributed by atoms with van der Waals surface area (Å²) in [4.78, 5) is 27.3. The van der Waals surface area contributed by atoms with Gasteiger partial charge in [-0.25, -0.2) is 0 Å². The first-order chi connectivity index (χ1) is 14.0. The molecule has 1 fully saturated rings. The molecule has 1 amide bonds.